The molecule has 1 fully saturated rings. The molecule has 1 heterocycles. The van der Waals surface area contributed by atoms with E-state index in [2.05, 4.69) is 31.2 Å². The first-order valence-electron chi connectivity index (χ1n) is 6.09. The molecular weight excluding hydrogens is 184 g/mol. The van der Waals surface area contributed by atoms with Gasteiger partial charge in [0.05, 0.1) is 11.7 Å². The second kappa shape index (κ2) is 3.34. The van der Waals surface area contributed by atoms with E-state index < -0.39 is 0 Å². The first-order chi connectivity index (χ1) is 7.32. The Balaban J connectivity index is 2.06. The van der Waals surface area contributed by atoms with Gasteiger partial charge in [-0.05, 0) is 30.9 Å². The van der Waals surface area contributed by atoms with E-state index in [-0.39, 0.29) is 5.60 Å². The maximum Gasteiger partial charge on any atom is 0.0943 e. The molecule has 1 atom stereocenters. The molecule has 15 heavy (non-hydrogen) atoms. The van der Waals surface area contributed by atoms with E-state index in [1.807, 2.05) is 0 Å². The summed E-state index contributed by atoms with van der Waals surface area (Å²) < 4.78 is 6.26. The van der Waals surface area contributed by atoms with Gasteiger partial charge in [-0.1, -0.05) is 43.5 Å². The quantitative estimate of drug-likeness (QED) is 0.619. The lowest BCUT2D eigenvalue weighted by atomic mass is 9.79. The van der Waals surface area contributed by atoms with Gasteiger partial charge < -0.3 is 4.74 Å². The monoisotopic (exact) mass is 202 g/mol. The molecule has 1 aromatic carbocycles. The summed E-state index contributed by atoms with van der Waals surface area (Å²) in [6.45, 7) is 2.18. The summed E-state index contributed by atoms with van der Waals surface area (Å²) in [5.41, 5.74) is 2.96. The highest BCUT2D eigenvalue weighted by molar-refractivity contribution is 5.38. The molecule has 80 valence electrons. The first kappa shape index (κ1) is 9.41. The number of rotatable bonds is 0. The van der Waals surface area contributed by atoms with Crippen LogP contribution in [0.4, 0.5) is 0 Å². The molecule has 0 radical (unpaired) electrons. The summed E-state index contributed by atoms with van der Waals surface area (Å²) >= 11 is 0. The zero-order valence-corrected chi connectivity index (χ0v) is 9.33. The lowest BCUT2D eigenvalue weighted by Gasteiger charge is -2.34. The van der Waals surface area contributed by atoms with Crippen molar-refractivity contribution < 1.29 is 4.74 Å². The van der Waals surface area contributed by atoms with Crippen LogP contribution in [0, 0.1) is 0 Å². The maximum absolute atomic E-state index is 6.26. The summed E-state index contributed by atoms with van der Waals surface area (Å²) in [7, 11) is 0. The van der Waals surface area contributed by atoms with Crippen molar-refractivity contribution in [2.45, 2.75) is 50.7 Å². The normalized spacial score (nSPS) is 27.9. The molecule has 2 aliphatic rings. The van der Waals surface area contributed by atoms with Crippen molar-refractivity contribution in [2.24, 2.45) is 0 Å². The molecule has 0 N–H and O–H groups in total. The Morgan fingerprint density at radius 1 is 1.13 bits per heavy atom. The molecule has 1 aliphatic heterocycles. The molecule has 1 heteroatoms. The van der Waals surface area contributed by atoms with Crippen molar-refractivity contribution >= 4 is 0 Å². The third kappa shape index (κ3) is 1.33. The standard InChI is InChI=1S/C14H18O/c1-11-12-7-3-4-8-13(12)14(15-11)9-5-2-6-10-14/h3-4,7-8,11H,2,5-6,9-10H2,1H3. The van der Waals surface area contributed by atoms with Crippen molar-refractivity contribution in [1.29, 1.82) is 0 Å². The van der Waals surface area contributed by atoms with Crippen LogP contribution in [-0.2, 0) is 10.3 Å². The summed E-state index contributed by atoms with van der Waals surface area (Å²) in [4.78, 5) is 0. The van der Waals surface area contributed by atoms with Crippen LogP contribution in [0.25, 0.3) is 0 Å². The summed E-state index contributed by atoms with van der Waals surface area (Å²) in [6.07, 6.45) is 6.74. The van der Waals surface area contributed by atoms with Gasteiger partial charge in [0.1, 0.15) is 0 Å². The predicted octanol–water partition coefficient (Wildman–Crippen LogP) is 3.94. The van der Waals surface area contributed by atoms with Crippen molar-refractivity contribution in [2.75, 3.05) is 0 Å². The minimum atomic E-state index is 0.0776. The highest BCUT2D eigenvalue weighted by Crippen LogP contribution is 2.50. The number of ether oxygens (including phenoxy) is 1. The fourth-order valence-electron chi connectivity index (χ4n) is 3.24. The molecule has 1 aliphatic carbocycles. The van der Waals surface area contributed by atoms with Gasteiger partial charge in [0.2, 0.25) is 0 Å². The highest BCUT2D eigenvalue weighted by atomic mass is 16.5. The third-order valence-electron chi connectivity index (χ3n) is 3.95. The fraction of sp³-hybridized carbons (Fsp3) is 0.571. The summed E-state index contributed by atoms with van der Waals surface area (Å²) in [5.74, 6) is 0. The van der Waals surface area contributed by atoms with Crippen molar-refractivity contribution in [3.63, 3.8) is 0 Å². The molecule has 0 aromatic heterocycles. The number of hydrogen-bond acceptors (Lipinski definition) is 1. The molecule has 0 bridgehead atoms. The zero-order chi connectivity index (χ0) is 10.3. The van der Waals surface area contributed by atoms with Gasteiger partial charge in [-0.25, -0.2) is 0 Å². The largest absolute Gasteiger partial charge is 0.363 e. The summed E-state index contributed by atoms with van der Waals surface area (Å²) in [5, 5.41) is 0. The number of benzene rings is 1. The van der Waals surface area contributed by atoms with Gasteiger partial charge in [0, 0.05) is 0 Å². The molecule has 0 amide bonds. The van der Waals surface area contributed by atoms with E-state index in [0.717, 1.165) is 0 Å². The van der Waals surface area contributed by atoms with Crippen LogP contribution in [-0.4, -0.2) is 0 Å². The molecule has 1 unspecified atom stereocenters. The van der Waals surface area contributed by atoms with Crippen LogP contribution in [0.1, 0.15) is 56.3 Å². The summed E-state index contributed by atoms with van der Waals surface area (Å²) in [6, 6.07) is 8.77. The highest BCUT2D eigenvalue weighted by Gasteiger charge is 2.43. The Morgan fingerprint density at radius 3 is 2.67 bits per heavy atom. The molecule has 1 nitrogen and oxygen atoms in total. The fourth-order valence-corrected chi connectivity index (χ4v) is 3.24. The first-order valence-corrected chi connectivity index (χ1v) is 6.09. The minimum absolute atomic E-state index is 0.0776. The van der Waals surface area contributed by atoms with Gasteiger partial charge in [0.15, 0.2) is 0 Å². The smallest absolute Gasteiger partial charge is 0.0943 e. The Bertz CT molecular complexity index is 363. The second-order valence-corrected chi connectivity index (χ2v) is 4.90. The third-order valence-corrected chi connectivity index (χ3v) is 3.95. The van der Waals surface area contributed by atoms with Gasteiger partial charge in [0.25, 0.3) is 0 Å². The van der Waals surface area contributed by atoms with E-state index in [0.29, 0.717) is 6.10 Å². The van der Waals surface area contributed by atoms with Crippen molar-refractivity contribution in [1.82, 2.24) is 0 Å². The Kier molecular flexibility index (Phi) is 2.10. The topological polar surface area (TPSA) is 9.23 Å². The molecule has 1 aromatic rings. The van der Waals surface area contributed by atoms with E-state index in [1.54, 1.807) is 0 Å². The molecular formula is C14H18O. The Morgan fingerprint density at radius 2 is 1.87 bits per heavy atom. The van der Waals surface area contributed by atoms with Crippen LogP contribution < -0.4 is 0 Å². The average Bonchev–Trinajstić information content (AvgIpc) is 2.55. The number of hydrogen-bond donors (Lipinski definition) is 0. The van der Waals surface area contributed by atoms with Crippen LogP contribution in [0.15, 0.2) is 24.3 Å². The van der Waals surface area contributed by atoms with Gasteiger partial charge in [-0.2, -0.15) is 0 Å². The van der Waals surface area contributed by atoms with Crippen LogP contribution in [0.5, 0.6) is 0 Å². The van der Waals surface area contributed by atoms with E-state index >= 15 is 0 Å². The molecule has 0 saturated heterocycles. The average molecular weight is 202 g/mol. The lowest BCUT2D eigenvalue weighted by Crippen LogP contribution is -2.28. The second-order valence-electron chi connectivity index (χ2n) is 4.90. The van der Waals surface area contributed by atoms with E-state index in [4.69, 9.17) is 4.74 Å². The molecule has 1 spiro atoms. The van der Waals surface area contributed by atoms with Crippen LogP contribution in [0.3, 0.4) is 0 Å². The Hall–Kier alpha value is -0.820. The number of fused-ring (bicyclic) bond motifs is 2. The van der Waals surface area contributed by atoms with Crippen LogP contribution >= 0.6 is 0 Å². The van der Waals surface area contributed by atoms with E-state index in [1.165, 1.54) is 43.2 Å². The predicted molar refractivity (Wildman–Crippen MR) is 60.7 cm³/mol. The maximum atomic E-state index is 6.26. The molecule has 1 saturated carbocycles. The zero-order valence-electron chi connectivity index (χ0n) is 9.33. The van der Waals surface area contributed by atoms with Gasteiger partial charge >= 0.3 is 0 Å². The van der Waals surface area contributed by atoms with Crippen molar-refractivity contribution in [3.8, 4) is 0 Å². The van der Waals surface area contributed by atoms with Crippen LogP contribution in [0.2, 0.25) is 0 Å². The lowest BCUT2D eigenvalue weighted by molar-refractivity contribution is -0.0916. The van der Waals surface area contributed by atoms with Gasteiger partial charge in [-0.3, -0.25) is 0 Å². The molecule has 3 rings (SSSR count). The van der Waals surface area contributed by atoms with E-state index in [9.17, 15) is 0 Å². The Labute approximate surface area is 91.5 Å². The van der Waals surface area contributed by atoms with Gasteiger partial charge in [-0.15, -0.1) is 0 Å². The van der Waals surface area contributed by atoms with Crippen molar-refractivity contribution in [3.05, 3.63) is 35.4 Å². The SMILES string of the molecule is CC1OC2(CCCCC2)c2ccccc21. The minimum Gasteiger partial charge on any atom is -0.363 e.